The third-order valence-corrected chi connectivity index (χ3v) is 3.94. The number of hydrogen-bond donors (Lipinski definition) is 3. The van der Waals surface area contributed by atoms with Gasteiger partial charge in [-0.1, -0.05) is 12.1 Å². The maximum atomic E-state index is 12.4. The van der Waals surface area contributed by atoms with Crippen LogP contribution in [-0.2, 0) is 4.79 Å². The van der Waals surface area contributed by atoms with Gasteiger partial charge in [0.1, 0.15) is 5.82 Å². The van der Waals surface area contributed by atoms with Crippen LogP contribution in [-0.4, -0.2) is 27.0 Å². The number of nitrogens with zero attached hydrogens (tertiary/aromatic N) is 2. The Hall–Kier alpha value is -3.22. The summed E-state index contributed by atoms with van der Waals surface area (Å²) in [5, 5.41) is 13.2. The van der Waals surface area contributed by atoms with E-state index in [0.29, 0.717) is 22.6 Å². The van der Waals surface area contributed by atoms with Crippen LogP contribution in [0, 0.1) is 5.92 Å². The highest BCUT2D eigenvalue weighted by molar-refractivity contribution is 6.11. The number of amides is 2. The second-order valence-corrected chi connectivity index (χ2v) is 5.79. The van der Waals surface area contributed by atoms with Gasteiger partial charge >= 0.3 is 0 Å². The fraction of sp³-hybridized carbons (Fsp3) is 0.176. The number of rotatable bonds is 4. The first-order valence-corrected chi connectivity index (χ1v) is 7.71. The Morgan fingerprint density at radius 3 is 2.71 bits per heavy atom. The highest BCUT2D eigenvalue weighted by atomic mass is 16.2. The molecule has 0 bridgehead atoms. The molecule has 0 aliphatic heterocycles. The quantitative estimate of drug-likeness (QED) is 0.687. The number of carbonyl (C=O) groups excluding carboxylic acids is 2. The SMILES string of the molecule is O=C(Nc1ccc(NC(=O)C2CC2)nc1)c1cccc2cn[nH]c12. The van der Waals surface area contributed by atoms with Crippen molar-refractivity contribution < 1.29 is 9.59 Å². The van der Waals surface area contributed by atoms with Crippen molar-refractivity contribution in [3.05, 3.63) is 48.3 Å². The predicted molar refractivity (Wildman–Crippen MR) is 89.6 cm³/mol. The molecule has 1 aromatic carbocycles. The highest BCUT2D eigenvalue weighted by Crippen LogP contribution is 2.30. The molecule has 3 aromatic rings. The molecule has 4 rings (SSSR count). The number of nitrogens with one attached hydrogen (secondary N) is 3. The summed E-state index contributed by atoms with van der Waals surface area (Å²) in [6.07, 6.45) is 5.08. The minimum absolute atomic E-state index is 0.00482. The third-order valence-electron chi connectivity index (χ3n) is 3.94. The van der Waals surface area contributed by atoms with Gasteiger partial charge in [-0.15, -0.1) is 0 Å². The summed E-state index contributed by atoms with van der Waals surface area (Å²) < 4.78 is 0. The monoisotopic (exact) mass is 321 g/mol. The number of fused-ring (bicyclic) bond motifs is 1. The number of H-pyrrole nitrogens is 1. The molecule has 0 saturated heterocycles. The van der Waals surface area contributed by atoms with Crippen LogP contribution in [0.4, 0.5) is 11.5 Å². The molecular weight excluding hydrogens is 306 g/mol. The Morgan fingerprint density at radius 2 is 1.96 bits per heavy atom. The Bertz CT molecular complexity index is 912. The first-order chi connectivity index (χ1) is 11.7. The minimum atomic E-state index is -0.249. The zero-order chi connectivity index (χ0) is 16.5. The number of pyridine rings is 1. The van der Waals surface area contributed by atoms with Crippen molar-refractivity contribution in [2.24, 2.45) is 5.92 Å². The van der Waals surface area contributed by atoms with E-state index in [9.17, 15) is 9.59 Å². The lowest BCUT2D eigenvalue weighted by Gasteiger charge is -2.07. The maximum Gasteiger partial charge on any atom is 0.257 e. The van der Waals surface area contributed by atoms with Crippen molar-refractivity contribution in [2.75, 3.05) is 10.6 Å². The van der Waals surface area contributed by atoms with E-state index in [1.807, 2.05) is 12.1 Å². The average Bonchev–Trinajstić information content (AvgIpc) is 3.33. The van der Waals surface area contributed by atoms with Gasteiger partial charge in [0.15, 0.2) is 0 Å². The zero-order valence-electron chi connectivity index (χ0n) is 12.7. The number of anilines is 2. The molecule has 24 heavy (non-hydrogen) atoms. The van der Waals surface area contributed by atoms with Gasteiger partial charge < -0.3 is 10.6 Å². The van der Waals surface area contributed by atoms with Crippen molar-refractivity contribution in [3.63, 3.8) is 0 Å². The van der Waals surface area contributed by atoms with Crippen LogP contribution >= 0.6 is 0 Å². The van der Waals surface area contributed by atoms with Crippen molar-refractivity contribution in [2.45, 2.75) is 12.8 Å². The van der Waals surface area contributed by atoms with Gasteiger partial charge in [0.2, 0.25) is 5.91 Å². The number of benzene rings is 1. The summed E-state index contributed by atoms with van der Waals surface area (Å²) in [7, 11) is 0. The molecule has 2 aromatic heterocycles. The fourth-order valence-corrected chi connectivity index (χ4v) is 2.47. The predicted octanol–water partition coefficient (Wildman–Crippen LogP) is 2.56. The van der Waals surface area contributed by atoms with Crippen LogP contribution in [0.25, 0.3) is 10.9 Å². The average molecular weight is 321 g/mol. The Kier molecular flexibility index (Phi) is 3.45. The van der Waals surface area contributed by atoms with Gasteiger partial charge in [-0.05, 0) is 31.0 Å². The number of aromatic nitrogens is 3. The standard InChI is InChI=1S/C17H15N5O2/c23-16(10-4-5-10)21-14-7-6-12(9-18-14)20-17(24)13-3-1-2-11-8-19-22-15(11)13/h1-3,6-10H,4-5H2,(H,19,22)(H,20,24)(H,18,21,23). The first kappa shape index (κ1) is 14.4. The largest absolute Gasteiger partial charge is 0.321 e. The van der Waals surface area contributed by atoms with Crippen molar-refractivity contribution >= 4 is 34.2 Å². The molecule has 7 heteroatoms. The van der Waals surface area contributed by atoms with Gasteiger partial charge in [-0.25, -0.2) is 4.98 Å². The number of hydrogen-bond acceptors (Lipinski definition) is 4. The molecule has 120 valence electrons. The molecule has 3 N–H and O–H groups in total. The summed E-state index contributed by atoms with van der Waals surface area (Å²) in [5.41, 5.74) is 1.76. The van der Waals surface area contributed by atoms with Crippen molar-refractivity contribution in [1.29, 1.82) is 0 Å². The number of aromatic amines is 1. The van der Waals surface area contributed by atoms with Gasteiger partial charge in [-0.2, -0.15) is 5.10 Å². The normalized spacial score (nSPS) is 13.7. The number of para-hydroxylation sites is 1. The van der Waals surface area contributed by atoms with Crippen LogP contribution in [0.5, 0.6) is 0 Å². The smallest absolute Gasteiger partial charge is 0.257 e. The van der Waals surface area contributed by atoms with Crippen LogP contribution in [0.15, 0.2) is 42.7 Å². The van der Waals surface area contributed by atoms with E-state index < -0.39 is 0 Å². The van der Waals surface area contributed by atoms with Gasteiger partial charge in [0.25, 0.3) is 5.91 Å². The summed E-state index contributed by atoms with van der Waals surface area (Å²) in [5.74, 6) is 0.369. The first-order valence-electron chi connectivity index (χ1n) is 7.71. The summed E-state index contributed by atoms with van der Waals surface area (Å²) in [6, 6.07) is 8.80. The van der Waals surface area contributed by atoms with Gasteiger partial charge in [0, 0.05) is 11.3 Å². The van der Waals surface area contributed by atoms with Crippen molar-refractivity contribution in [3.8, 4) is 0 Å². The second kappa shape index (κ2) is 5.77. The number of carbonyl (C=O) groups is 2. The van der Waals surface area contributed by atoms with Gasteiger partial charge in [-0.3, -0.25) is 14.7 Å². The van der Waals surface area contributed by atoms with E-state index in [1.165, 1.54) is 6.20 Å². The van der Waals surface area contributed by atoms with E-state index in [1.54, 1.807) is 24.4 Å². The van der Waals surface area contributed by atoms with E-state index >= 15 is 0 Å². The summed E-state index contributed by atoms with van der Waals surface area (Å²) in [4.78, 5) is 28.3. The van der Waals surface area contributed by atoms with E-state index in [0.717, 1.165) is 18.2 Å². The van der Waals surface area contributed by atoms with E-state index in [-0.39, 0.29) is 17.7 Å². The fourth-order valence-electron chi connectivity index (χ4n) is 2.47. The van der Waals surface area contributed by atoms with Crippen LogP contribution in [0.1, 0.15) is 23.2 Å². The molecule has 1 fully saturated rings. The molecular formula is C17H15N5O2. The van der Waals surface area contributed by atoms with Crippen LogP contribution < -0.4 is 10.6 Å². The molecule has 2 amide bonds. The lowest BCUT2D eigenvalue weighted by Crippen LogP contribution is -2.15. The Labute approximate surface area is 137 Å². The highest BCUT2D eigenvalue weighted by Gasteiger charge is 2.29. The molecule has 2 heterocycles. The Balaban J connectivity index is 1.47. The molecule has 0 radical (unpaired) electrons. The lowest BCUT2D eigenvalue weighted by atomic mass is 10.1. The van der Waals surface area contributed by atoms with E-state index in [4.69, 9.17) is 0 Å². The van der Waals surface area contributed by atoms with Crippen LogP contribution in [0.2, 0.25) is 0 Å². The van der Waals surface area contributed by atoms with Crippen molar-refractivity contribution in [1.82, 2.24) is 15.2 Å². The third kappa shape index (κ3) is 2.83. The molecule has 1 aliphatic carbocycles. The molecule has 0 spiro atoms. The maximum absolute atomic E-state index is 12.4. The van der Waals surface area contributed by atoms with Gasteiger partial charge in [0.05, 0.1) is 29.2 Å². The topological polar surface area (TPSA) is 99.8 Å². The molecule has 7 nitrogen and oxygen atoms in total. The lowest BCUT2D eigenvalue weighted by molar-refractivity contribution is -0.117. The minimum Gasteiger partial charge on any atom is -0.321 e. The Morgan fingerprint density at radius 1 is 1.08 bits per heavy atom. The summed E-state index contributed by atoms with van der Waals surface area (Å²) in [6.45, 7) is 0. The molecule has 0 atom stereocenters. The molecule has 0 unspecified atom stereocenters. The molecule has 1 saturated carbocycles. The van der Waals surface area contributed by atoms with Crippen LogP contribution in [0.3, 0.4) is 0 Å². The zero-order valence-corrected chi connectivity index (χ0v) is 12.7. The summed E-state index contributed by atoms with van der Waals surface area (Å²) >= 11 is 0. The molecule has 1 aliphatic rings. The second-order valence-electron chi connectivity index (χ2n) is 5.79. The van der Waals surface area contributed by atoms with E-state index in [2.05, 4.69) is 25.8 Å².